The second-order valence-electron chi connectivity index (χ2n) is 8.74. The summed E-state index contributed by atoms with van der Waals surface area (Å²) >= 11 is 6.61. The van der Waals surface area contributed by atoms with Crippen molar-refractivity contribution in [3.05, 3.63) is 131 Å². The Morgan fingerprint density at radius 3 is 2.35 bits per heavy atom. The molecule has 5 rings (SSSR count). The maximum atomic E-state index is 13.4. The lowest BCUT2D eigenvalue weighted by Gasteiger charge is -2.37. The third-order valence-electron chi connectivity index (χ3n) is 6.50. The fourth-order valence-electron chi connectivity index (χ4n) is 4.87. The van der Waals surface area contributed by atoms with E-state index in [4.69, 9.17) is 11.6 Å². The molecule has 0 bridgehead atoms. The number of carbonyl (C=O) groups excluding carboxylic acids is 1. The number of rotatable bonds is 7. The van der Waals surface area contributed by atoms with Gasteiger partial charge in [-0.25, -0.2) is 0 Å². The molecule has 4 nitrogen and oxygen atoms in total. The molecular formula is C29H28ClN3O. The Morgan fingerprint density at radius 1 is 0.882 bits per heavy atom. The highest BCUT2D eigenvalue weighted by Gasteiger charge is 2.31. The lowest BCUT2D eigenvalue weighted by atomic mass is 9.98. The van der Waals surface area contributed by atoms with Crippen LogP contribution in [0.3, 0.4) is 0 Å². The van der Waals surface area contributed by atoms with Gasteiger partial charge in [0.2, 0.25) is 5.91 Å². The van der Waals surface area contributed by atoms with Crippen molar-refractivity contribution in [2.45, 2.75) is 25.0 Å². The van der Waals surface area contributed by atoms with Crippen LogP contribution in [0, 0.1) is 0 Å². The highest BCUT2D eigenvalue weighted by molar-refractivity contribution is 6.31. The molecule has 1 aromatic heterocycles. The van der Waals surface area contributed by atoms with Gasteiger partial charge < -0.3 is 9.88 Å². The first-order valence-corrected chi connectivity index (χ1v) is 12.1. The summed E-state index contributed by atoms with van der Waals surface area (Å²) in [6, 6.07) is 32.5. The van der Waals surface area contributed by atoms with Crippen molar-refractivity contribution in [3.63, 3.8) is 0 Å². The van der Waals surface area contributed by atoms with Crippen LogP contribution in [-0.2, 0) is 17.8 Å². The largest absolute Gasteiger partial charge is 0.348 e. The van der Waals surface area contributed by atoms with Crippen LogP contribution in [0.2, 0.25) is 5.02 Å². The summed E-state index contributed by atoms with van der Waals surface area (Å²) in [6.45, 7) is 1.93. The molecule has 172 valence electrons. The van der Waals surface area contributed by atoms with Gasteiger partial charge in [0.25, 0.3) is 0 Å². The van der Waals surface area contributed by atoms with E-state index in [1.165, 1.54) is 5.56 Å². The maximum Gasteiger partial charge on any atom is 0.234 e. The number of fused-ring (bicyclic) bond motifs is 1. The molecule has 1 amide bonds. The van der Waals surface area contributed by atoms with Crippen LogP contribution in [0.25, 0.3) is 0 Å². The van der Waals surface area contributed by atoms with Gasteiger partial charge in [0.1, 0.15) is 0 Å². The number of nitrogens with zero attached hydrogens (tertiary/aromatic N) is 2. The molecule has 5 heteroatoms. The zero-order valence-electron chi connectivity index (χ0n) is 19.0. The summed E-state index contributed by atoms with van der Waals surface area (Å²) in [5.74, 6) is 0.0156. The van der Waals surface area contributed by atoms with Gasteiger partial charge in [0.15, 0.2) is 0 Å². The zero-order valence-corrected chi connectivity index (χ0v) is 19.7. The van der Waals surface area contributed by atoms with Crippen molar-refractivity contribution in [3.8, 4) is 0 Å². The molecule has 4 aromatic rings. The predicted molar refractivity (Wildman–Crippen MR) is 137 cm³/mol. The quantitative estimate of drug-likeness (QED) is 0.380. The Kier molecular flexibility index (Phi) is 6.79. The first-order valence-electron chi connectivity index (χ1n) is 11.7. The van der Waals surface area contributed by atoms with Gasteiger partial charge in [-0.1, -0.05) is 90.5 Å². The molecule has 2 atom stereocenters. The van der Waals surface area contributed by atoms with Gasteiger partial charge in [-0.05, 0) is 41.3 Å². The number of benzene rings is 3. The normalized spacial score (nSPS) is 16.6. The number of carbonyl (C=O) groups is 1. The standard InChI is InChI=1S/C29H28ClN3O/c30-25-15-8-7-14-24(25)29-27-16-9-17-32(27)18-19-33(29)21-28(34)31-26(23-12-5-2-6-13-23)20-22-10-3-1-4-11-22/h1-17,26,29H,18-21H2,(H,31,34). The topological polar surface area (TPSA) is 37.3 Å². The molecule has 1 N–H and O–H groups in total. The number of nitrogens with one attached hydrogen (secondary N) is 1. The fraction of sp³-hybridized carbons (Fsp3) is 0.207. The molecule has 0 spiro atoms. The van der Waals surface area contributed by atoms with E-state index in [-0.39, 0.29) is 18.0 Å². The number of amides is 1. The Hall–Kier alpha value is -3.34. The molecule has 0 aliphatic carbocycles. The van der Waals surface area contributed by atoms with E-state index in [0.29, 0.717) is 6.54 Å². The summed E-state index contributed by atoms with van der Waals surface area (Å²) in [5, 5.41) is 4.03. The van der Waals surface area contributed by atoms with Gasteiger partial charge in [0, 0.05) is 30.0 Å². The highest BCUT2D eigenvalue weighted by Crippen LogP contribution is 2.35. The van der Waals surface area contributed by atoms with Gasteiger partial charge in [-0.15, -0.1) is 0 Å². The molecule has 0 fully saturated rings. The molecule has 2 heterocycles. The molecular weight excluding hydrogens is 442 g/mol. The smallest absolute Gasteiger partial charge is 0.234 e. The number of halogens is 1. The fourth-order valence-corrected chi connectivity index (χ4v) is 5.11. The molecule has 34 heavy (non-hydrogen) atoms. The van der Waals surface area contributed by atoms with Gasteiger partial charge in [-0.3, -0.25) is 9.69 Å². The van der Waals surface area contributed by atoms with Crippen molar-refractivity contribution in [2.24, 2.45) is 0 Å². The van der Waals surface area contributed by atoms with Crippen molar-refractivity contribution in [2.75, 3.05) is 13.1 Å². The molecule has 0 saturated heterocycles. The van der Waals surface area contributed by atoms with Crippen molar-refractivity contribution < 1.29 is 4.79 Å². The average Bonchev–Trinajstić information content (AvgIpc) is 3.34. The molecule has 3 aromatic carbocycles. The van der Waals surface area contributed by atoms with E-state index in [1.54, 1.807) is 0 Å². The van der Waals surface area contributed by atoms with E-state index < -0.39 is 0 Å². The average molecular weight is 470 g/mol. The van der Waals surface area contributed by atoms with Crippen LogP contribution in [0.1, 0.15) is 34.5 Å². The first kappa shape index (κ1) is 22.5. The predicted octanol–water partition coefficient (Wildman–Crippen LogP) is 5.65. The number of aromatic nitrogens is 1. The van der Waals surface area contributed by atoms with Crippen molar-refractivity contribution in [1.29, 1.82) is 0 Å². The lowest BCUT2D eigenvalue weighted by Crippen LogP contribution is -2.45. The van der Waals surface area contributed by atoms with Crippen molar-refractivity contribution in [1.82, 2.24) is 14.8 Å². The molecule has 1 aliphatic rings. The van der Waals surface area contributed by atoms with Crippen LogP contribution in [-0.4, -0.2) is 28.5 Å². The van der Waals surface area contributed by atoms with E-state index in [2.05, 4.69) is 63.4 Å². The summed E-state index contributed by atoms with van der Waals surface area (Å²) < 4.78 is 2.25. The molecule has 0 radical (unpaired) electrons. The van der Waals surface area contributed by atoms with E-state index in [9.17, 15) is 4.79 Å². The van der Waals surface area contributed by atoms with Gasteiger partial charge in [-0.2, -0.15) is 0 Å². The third-order valence-corrected chi connectivity index (χ3v) is 6.85. The van der Waals surface area contributed by atoms with E-state index in [1.807, 2.05) is 54.6 Å². The van der Waals surface area contributed by atoms with Crippen LogP contribution in [0.15, 0.2) is 103 Å². The number of hydrogen-bond acceptors (Lipinski definition) is 2. The molecule has 2 unspecified atom stereocenters. The molecule has 0 saturated carbocycles. The Bertz CT molecular complexity index is 1240. The minimum atomic E-state index is -0.0940. The van der Waals surface area contributed by atoms with Gasteiger partial charge in [0.05, 0.1) is 18.6 Å². The minimum Gasteiger partial charge on any atom is -0.348 e. The second kappa shape index (κ2) is 10.3. The number of hydrogen-bond donors (Lipinski definition) is 1. The Labute approximate surface area is 205 Å². The summed E-state index contributed by atoms with van der Waals surface area (Å²) in [6.07, 6.45) is 2.84. The SMILES string of the molecule is O=C(CN1CCn2cccc2C1c1ccccc1Cl)NC(Cc1ccccc1)c1ccccc1. The Morgan fingerprint density at radius 2 is 1.59 bits per heavy atom. The van der Waals surface area contributed by atoms with Crippen molar-refractivity contribution >= 4 is 17.5 Å². The van der Waals surface area contributed by atoms with Crippen LogP contribution in [0.5, 0.6) is 0 Å². The van der Waals surface area contributed by atoms with Crippen LogP contribution < -0.4 is 5.32 Å². The van der Waals surface area contributed by atoms with E-state index >= 15 is 0 Å². The monoisotopic (exact) mass is 469 g/mol. The van der Waals surface area contributed by atoms with E-state index in [0.717, 1.165) is 41.4 Å². The second-order valence-corrected chi connectivity index (χ2v) is 9.15. The summed E-state index contributed by atoms with van der Waals surface area (Å²) in [4.78, 5) is 15.6. The first-order chi connectivity index (χ1) is 16.7. The minimum absolute atomic E-state index is 0.0156. The lowest BCUT2D eigenvalue weighted by molar-refractivity contribution is -0.123. The highest BCUT2D eigenvalue weighted by atomic mass is 35.5. The van der Waals surface area contributed by atoms with Crippen LogP contribution >= 0.6 is 11.6 Å². The van der Waals surface area contributed by atoms with Gasteiger partial charge >= 0.3 is 0 Å². The molecule has 1 aliphatic heterocycles. The summed E-state index contributed by atoms with van der Waals surface area (Å²) in [7, 11) is 0. The van der Waals surface area contributed by atoms with Crippen LogP contribution in [0.4, 0.5) is 0 Å². The zero-order chi connectivity index (χ0) is 23.3. The maximum absolute atomic E-state index is 13.4. The third kappa shape index (κ3) is 4.93. The summed E-state index contributed by atoms with van der Waals surface area (Å²) in [5.41, 5.74) is 4.49. The Balaban J connectivity index is 1.38.